The van der Waals surface area contributed by atoms with Crippen molar-refractivity contribution in [1.29, 1.82) is 0 Å². The summed E-state index contributed by atoms with van der Waals surface area (Å²) in [6, 6.07) is 16.2. The number of piperazine rings is 1. The summed E-state index contributed by atoms with van der Waals surface area (Å²) in [7, 11) is 1.59. The van der Waals surface area contributed by atoms with E-state index in [4.69, 9.17) is 9.15 Å². The molecule has 2 aromatic carbocycles. The number of methoxy groups -OCH3 is 1. The molecule has 7 nitrogen and oxygen atoms in total. The number of anilines is 1. The van der Waals surface area contributed by atoms with Gasteiger partial charge in [0.1, 0.15) is 5.75 Å². The van der Waals surface area contributed by atoms with Crippen molar-refractivity contribution >= 4 is 11.9 Å². The number of hydrogen-bond acceptors (Lipinski definition) is 6. The molecule has 28 heavy (non-hydrogen) atoms. The van der Waals surface area contributed by atoms with Gasteiger partial charge in [-0.1, -0.05) is 41.5 Å². The Hall–Kier alpha value is -3.35. The van der Waals surface area contributed by atoms with E-state index < -0.39 is 0 Å². The van der Waals surface area contributed by atoms with E-state index >= 15 is 0 Å². The number of nitrogens with zero attached hydrogens (tertiary/aromatic N) is 4. The predicted octanol–water partition coefficient (Wildman–Crippen LogP) is 3.02. The van der Waals surface area contributed by atoms with E-state index in [1.165, 1.54) is 0 Å². The molecule has 1 aliphatic heterocycles. The summed E-state index contributed by atoms with van der Waals surface area (Å²) in [5, 5.41) is 7.93. The van der Waals surface area contributed by atoms with Gasteiger partial charge in [0.2, 0.25) is 5.89 Å². The highest BCUT2D eigenvalue weighted by molar-refractivity contribution is 5.98. The number of hydrogen-bond donors (Lipinski definition) is 0. The van der Waals surface area contributed by atoms with Crippen molar-refractivity contribution in [2.75, 3.05) is 38.2 Å². The van der Waals surface area contributed by atoms with Crippen LogP contribution in [-0.4, -0.2) is 54.3 Å². The molecule has 1 saturated heterocycles. The summed E-state index contributed by atoms with van der Waals surface area (Å²) in [6.07, 6.45) is 0. The Kier molecular flexibility index (Phi) is 4.97. The van der Waals surface area contributed by atoms with Crippen molar-refractivity contribution in [2.45, 2.75) is 6.92 Å². The van der Waals surface area contributed by atoms with Gasteiger partial charge in [0.05, 0.1) is 12.7 Å². The van der Waals surface area contributed by atoms with E-state index in [-0.39, 0.29) is 5.91 Å². The molecule has 1 aliphatic rings. The maximum absolute atomic E-state index is 13.2. The second-order valence-corrected chi connectivity index (χ2v) is 6.66. The van der Waals surface area contributed by atoms with E-state index in [1.807, 2.05) is 58.3 Å². The van der Waals surface area contributed by atoms with E-state index in [9.17, 15) is 4.79 Å². The maximum atomic E-state index is 13.2. The van der Waals surface area contributed by atoms with Crippen LogP contribution < -0.4 is 9.64 Å². The van der Waals surface area contributed by atoms with E-state index in [1.54, 1.807) is 14.0 Å². The third kappa shape index (κ3) is 3.55. The fourth-order valence-electron chi connectivity index (χ4n) is 3.37. The zero-order valence-corrected chi connectivity index (χ0v) is 16.0. The maximum Gasteiger partial charge on any atom is 0.318 e. The Morgan fingerprint density at radius 1 is 1.00 bits per heavy atom. The van der Waals surface area contributed by atoms with Crippen molar-refractivity contribution < 1.29 is 13.9 Å². The van der Waals surface area contributed by atoms with Crippen molar-refractivity contribution in [1.82, 2.24) is 15.1 Å². The van der Waals surface area contributed by atoms with Crippen LogP contribution in [0.2, 0.25) is 0 Å². The van der Waals surface area contributed by atoms with Gasteiger partial charge < -0.3 is 19.0 Å². The highest BCUT2D eigenvalue weighted by atomic mass is 16.5. The van der Waals surface area contributed by atoms with Crippen molar-refractivity contribution in [2.24, 2.45) is 0 Å². The predicted molar refractivity (Wildman–Crippen MR) is 106 cm³/mol. The fourth-order valence-corrected chi connectivity index (χ4v) is 3.37. The molecule has 0 bridgehead atoms. The molecule has 144 valence electrons. The van der Waals surface area contributed by atoms with Crippen molar-refractivity contribution in [3.05, 3.63) is 60.0 Å². The van der Waals surface area contributed by atoms with Gasteiger partial charge in [0, 0.05) is 33.1 Å². The van der Waals surface area contributed by atoms with Crippen LogP contribution in [0.1, 0.15) is 16.2 Å². The molecule has 1 fully saturated rings. The number of aromatic nitrogens is 2. The first-order valence-corrected chi connectivity index (χ1v) is 9.23. The topological polar surface area (TPSA) is 71.7 Å². The van der Waals surface area contributed by atoms with E-state index in [0.29, 0.717) is 49.4 Å². The first kappa shape index (κ1) is 18.0. The lowest BCUT2D eigenvalue weighted by Gasteiger charge is -2.33. The minimum atomic E-state index is -0.0315. The molecule has 7 heteroatoms. The average molecular weight is 378 g/mol. The summed E-state index contributed by atoms with van der Waals surface area (Å²) in [4.78, 5) is 17.0. The SMILES string of the molecule is COc1ccc(-c2ccccc2)cc1C(=O)N1CCN(c2nnc(C)o2)CC1. The molecular formula is C21H22N4O3. The highest BCUT2D eigenvalue weighted by Gasteiger charge is 2.26. The van der Waals surface area contributed by atoms with Gasteiger partial charge in [-0.15, -0.1) is 5.10 Å². The van der Waals surface area contributed by atoms with Crippen LogP contribution in [0.5, 0.6) is 5.75 Å². The number of aryl methyl sites for hydroxylation is 1. The van der Waals surface area contributed by atoms with Crippen molar-refractivity contribution in [3.63, 3.8) is 0 Å². The van der Waals surface area contributed by atoms with E-state index in [2.05, 4.69) is 10.2 Å². The van der Waals surface area contributed by atoms with Gasteiger partial charge in [0.25, 0.3) is 5.91 Å². The summed E-state index contributed by atoms with van der Waals surface area (Å²) < 4.78 is 10.9. The van der Waals surface area contributed by atoms with Gasteiger partial charge >= 0.3 is 6.01 Å². The van der Waals surface area contributed by atoms with Crippen LogP contribution in [0.25, 0.3) is 11.1 Å². The molecule has 0 aliphatic carbocycles. The first-order chi connectivity index (χ1) is 13.7. The largest absolute Gasteiger partial charge is 0.496 e. The van der Waals surface area contributed by atoms with Crippen LogP contribution in [0.15, 0.2) is 52.9 Å². The molecule has 1 aromatic heterocycles. The molecule has 0 spiro atoms. The van der Waals surface area contributed by atoms with Crippen molar-refractivity contribution in [3.8, 4) is 16.9 Å². The normalized spacial score (nSPS) is 14.2. The number of carbonyl (C=O) groups excluding carboxylic acids is 1. The molecule has 0 unspecified atom stereocenters. The molecule has 0 saturated carbocycles. The molecule has 0 radical (unpaired) electrons. The summed E-state index contributed by atoms with van der Waals surface area (Å²) >= 11 is 0. The lowest BCUT2D eigenvalue weighted by atomic mass is 10.0. The smallest absolute Gasteiger partial charge is 0.318 e. The Bertz CT molecular complexity index is 963. The summed E-state index contributed by atoms with van der Waals surface area (Å²) in [5.41, 5.74) is 2.63. The van der Waals surface area contributed by atoms with Crippen LogP contribution in [-0.2, 0) is 0 Å². The quantitative estimate of drug-likeness (QED) is 0.695. The minimum absolute atomic E-state index is 0.0315. The number of benzene rings is 2. The summed E-state index contributed by atoms with van der Waals surface area (Å²) in [6.45, 7) is 4.22. The molecule has 0 N–H and O–H groups in total. The zero-order valence-electron chi connectivity index (χ0n) is 16.0. The molecule has 0 atom stereocenters. The third-order valence-corrected chi connectivity index (χ3v) is 4.89. The number of carbonyl (C=O) groups is 1. The molecule has 4 rings (SSSR count). The van der Waals surface area contributed by atoms with Gasteiger partial charge in [0.15, 0.2) is 0 Å². The number of ether oxygens (including phenoxy) is 1. The minimum Gasteiger partial charge on any atom is -0.496 e. The molecule has 3 aromatic rings. The molecule has 2 heterocycles. The van der Waals surface area contributed by atoms with Crippen LogP contribution >= 0.6 is 0 Å². The number of amides is 1. The summed E-state index contributed by atoms with van der Waals surface area (Å²) in [5.74, 6) is 1.09. The average Bonchev–Trinajstić information content (AvgIpc) is 3.20. The molecular weight excluding hydrogens is 356 g/mol. The lowest BCUT2D eigenvalue weighted by molar-refractivity contribution is 0.0741. The fraction of sp³-hybridized carbons (Fsp3) is 0.286. The lowest BCUT2D eigenvalue weighted by Crippen LogP contribution is -2.49. The Morgan fingerprint density at radius 3 is 2.39 bits per heavy atom. The van der Waals surface area contributed by atoms with Crippen LogP contribution in [0, 0.1) is 6.92 Å². The Labute approximate surface area is 163 Å². The van der Waals surface area contributed by atoms with Crippen LogP contribution in [0.3, 0.4) is 0 Å². The van der Waals surface area contributed by atoms with Gasteiger partial charge in [-0.25, -0.2) is 0 Å². The first-order valence-electron chi connectivity index (χ1n) is 9.23. The third-order valence-electron chi connectivity index (χ3n) is 4.89. The van der Waals surface area contributed by atoms with Gasteiger partial charge in [-0.2, -0.15) is 0 Å². The zero-order chi connectivity index (χ0) is 19.5. The highest BCUT2D eigenvalue weighted by Crippen LogP contribution is 2.28. The van der Waals surface area contributed by atoms with Gasteiger partial charge in [-0.05, 0) is 23.3 Å². The standard InChI is InChI=1S/C21H22N4O3/c1-15-22-23-21(28-15)25-12-10-24(11-13-25)20(26)18-14-17(8-9-19(18)27-2)16-6-4-3-5-7-16/h3-9,14H,10-13H2,1-2H3. The monoisotopic (exact) mass is 378 g/mol. The van der Waals surface area contributed by atoms with E-state index in [0.717, 1.165) is 11.1 Å². The van der Waals surface area contributed by atoms with Gasteiger partial charge in [-0.3, -0.25) is 4.79 Å². The Balaban J connectivity index is 1.53. The second-order valence-electron chi connectivity index (χ2n) is 6.66. The van der Waals surface area contributed by atoms with Crippen LogP contribution in [0.4, 0.5) is 6.01 Å². The number of rotatable bonds is 4. The second kappa shape index (κ2) is 7.72. The Morgan fingerprint density at radius 2 is 1.75 bits per heavy atom. The molecule has 1 amide bonds.